The number of hydrogen-bond acceptors (Lipinski definition) is 4. The maximum Gasteiger partial charge on any atom is 0.163 e. The average Bonchev–Trinajstić information content (AvgIpc) is 2.52. The van der Waals surface area contributed by atoms with E-state index < -0.39 is 11.6 Å². The van der Waals surface area contributed by atoms with Gasteiger partial charge in [0.15, 0.2) is 11.6 Å². The third-order valence-corrected chi connectivity index (χ3v) is 3.55. The molecule has 2 aliphatic rings. The first kappa shape index (κ1) is 13.3. The fourth-order valence-electron chi connectivity index (χ4n) is 2.58. The highest BCUT2D eigenvalue weighted by Crippen LogP contribution is 2.36. The van der Waals surface area contributed by atoms with Crippen molar-refractivity contribution in [3.8, 4) is 0 Å². The lowest BCUT2D eigenvalue weighted by atomic mass is 9.93. The van der Waals surface area contributed by atoms with Crippen LogP contribution in [0.15, 0.2) is 0 Å². The standard InChI is InChI=1S/C13H24O4/c1-8-9(2)15-13(5,6)17-11(8)10-7-14-12(3,4)16-10/h8-11H,7H2,1-6H3. The van der Waals surface area contributed by atoms with E-state index in [9.17, 15) is 0 Å². The number of ether oxygens (including phenoxy) is 4. The molecule has 0 saturated carbocycles. The Hall–Kier alpha value is -0.160. The van der Waals surface area contributed by atoms with Crippen LogP contribution in [-0.2, 0) is 18.9 Å². The highest BCUT2D eigenvalue weighted by Gasteiger charge is 2.47. The summed E-state index contributed by atoms with van der Waals surface area (Å²) in [5.74, 6) is -0.753. The highest BCUT2D eigenvalue weighted by atomic mass is 16.8. The van der Waals surface area contributed by atoms with E-state index in [-0.39, 0.29) is 18.3 Å². The summed E-state index contributed by atoms with van der Waals surface area (Å²) in [6, 6.07) is 0. The van der Waals surface area contributed by atoms with Crippen LogP contribution < -0.4 is 0 Å². The normalized spacial score (nSPS) is 44.8. The first-order valence-corrected chi connectivity index (χ1v) is 6.38. The maximum atomic E-state index is 6.01. The summed E-state index contributed by atoms with van der Waals surface area (Å²) in [6.07, 6.45) is 0.178. The zero-order chi connectivity index (χ0) is 12.8. The van der Waals surface area contributed by atoms with Gasteiger partial charge in [-0.05, 0) is 34.6 Å². The third kappa shape index (κ3) is 2.81. The molecule has 17 heavy (non-hydrogen) atoms. The molecule has 4 atom stereocenters. The molecular weight excluding hydrogens is 220 g/mol. The fraction of sp³-hybridized carbons (Fsp3) is 1.00. The lowest BCUT2D eigenvalue weighted by molar-refractivity contribution is -0.331. The second-order valence-electron chi connectivity index (χ2n) is 6.03. The van der Waals surface area contributed by atoms with Crippen molar-refractivity contribution in [3.05, 3.63) is 0 Å². The Bertz CT molecular complexity index is 287. The summed E-state index contributed by atoms with van der Waals surface area (Å²) in [6.45, 7) is 12.6. The fourth-order valence-corrected chi connectivity index (χ4v) is 2.58. The van der Waals surface area contributed by atoms with Crippen molar-refractivity contribution in [3.63, 3.8) is 0 Å². The molecule has 2 heterocycles. The van der Waals surface area contributed by atoms with Crippen LogP contribution in [0.4, 0.5) is 0 Å². The zero-order valence-corrected chi connectivity index (χ0v) is 11.6. The highest BCUT2D eigenvalue weighted by molar-refractivity contribution is 4.88. The molecule has 100 valence electrons. The van der Waals surface area contributed by atoms with Crippen molar-refractivity contribution in [1.29, 1.82) is 0 Å². The zero-order valence-electron chi connectivity index (χ0n) is 11.6. The van der Waals surface area contributed by atoms with Gasteiger partial charge in [0.25, 0.3) is 0 Å². The Morgan fingerprint density at radius 3 is 2.06 bits per heavy atom. The first-order chi connectivity index (χ1) is 7.70. The summed E-state index contributed by atoms with van der Waals surface area (Å²) in [7, 11) is 0. The minimum atomic E-state index is -0.549. The van der Waals surface area contributed by atoms with E-state index in [1.165, 1.54) is 0 Å². The minimum absolute atomic E-state index is 0.00868. The summed E-state index contributed by atoms with van der Waals surface area (Å²) in [5.41, 5.74) is 0. The molecule has 4 heteroatoms. The van der Waals surface area contributed by atoms with E-state index in [1.807, 2.05) is 27.7 Å². The molecule has 0 aromatic carbocycles. The molecule has 4 unspecified atom stereocenters. The summed E-state index contributed by atoms with van der Waals surface area (Å²) >= 11 is 0. The first-order valence-electron chi connectivity index (χ1n) is 6.38. The van der Waals surface area contributed by atoms with Crippen LogP contribution in [0.25, 0.3) is 0 Å². The molecule has 2 rings (SSSR count). The Kier molecular flexibility index (Phi) is 3.28. The van der Waals surface area contributed by atoms with Gasteiger partial charge in [0.2, 0.25) is 0 Å². The number of rotatable bonds is 1. The van der Waals surface area contributed by atoms with E-state index in [1.54, 1.807) is 0 Å². The third-order valence-electron chi connectivity index (χ3n) is 3.55. The van der Waals surface area contributed by atoms with Crippen LogP contribution in [0.2, 0.25) is 0 Å². The molecule has 0 amide bonds. The van der Waals surface area contributed by atoms with Crippen LogP contribution in [0.1, 0.15) is 41.5 Å². The van der Waals surface area contributed by atoms with Gasteiger partial charge in [-0.1, -0.05) is 6.92 Å². The van der Waals surface area contributed by atoms with E-state index in [4.69, 9.17) is 18.9 Å². The molecule has 0 aliphatic carbocycles. The molecule has 2 aliphatic heterocycles. The Balaban J connectivity index is 2.09. The van der Waals surface area contributed by atoms with Gasteiger partial charge in [0.05, 0.1) is 18.8 Å². The van der Waals surface area contributed by atoms with Crippen molar-refractivity contribution in [2.75, 3.05) is 6.61 Å². The van der Waals surface area contributed by atoms with Crippen molar-refractivity contribution in [2.45, 2.75) is 71.4 Å². The van der Waals surface area contributed by atoms with Gasteiger partial charge in [-0.3, -0.25) is 0 Å². The Labute approximate surface area is 104 Å². The quantitative estimate of drug-likeness (QED) is 0.709. The van der Waals surface area contributed by atoms with Crippen LogP contribution in [0, 0.1) is 5.92 Å². The molecule has 4 nitrogen and oxygen atoms in total. The topological polar surface area (TPSA) is 36.9 Å². The van der Waals surface area contributed by atoms with Crippen LogP contribution in [0.5, 0.6) is 0 Å². The minimum Gasteiger partial charge on any atom is -0.348 e. The lowest BCUT2D eigenvalue weighted by Crippen LogP contribution is -2.54. The molecule has 0 aromatic heterocycles. The largest absolute Gasteiger partial charge is 0.348 e. The van der Waals surface area contributed by atoms with Gasteiger partial charge < -0.3 is 18.9 Å². The lowest BCUT2D eigenvalue weighted by Gasteiger charge is -2.45. The Morgan fingerprint density at radius 1 is 0.882 bits per heavy atom. The van der Waals surface area contributed by atoms with Crippen LogP contribution in [-0.4, -0.2) is 36.5 Å². The SMILES string of the molecule is CC1OC(C)(C)OC(C2COC(C)(C)O2)C1C. The van der Waals surface area contributed by atoms with E-state index in [2.05, 4.69) is 13.8 Å². The van der Waals surface area contributed by atoms with E-state index in [0.717, 1.165) is 0 Å². The second kappa shape index (κ2) is 4.19. The molecule has 0 spiro atoms. The molecule has 0 bridgehead atoms. The smallest absolute Gasteiger partial charge is 0.163 e. The molecule has 0 N–H and O–H groups in total. The van der Waals surface area contributed by atoms with Crippen molar-refractivity contribution in [2.24, 2.45) is 5.92 Å². The summed E-state index contributed by atoms with van der Waals surface area (Å²) in [4.78, 5) is 0. The van der Waals surface area contributed by atoms with Gasteiger partial charge >= 0.3 is 0 Å². The van der Waals surface area contributed by atoms with Crippen molar-refractivity contribution < 1.29 is 18.9 Å². The molecule has 2 fully saturated rings. The van der Waals surface area contributed by atoms with Crippen LogP contribution >= 0.6 is 0 Å². The van der Waals surface area contributed by atoms with Gasteiger partial charge in [-0.15, -0.1) is 0 Å². The van der Waals surface area contributed by atoms with E-state index in [0.29, 0.717) is 12.5 Å². The van der Waals surface area contributed by atoms with Crippen LogP contribution in [0.3, 0.4) is 0 Å². The molecule has 0 aromatic rings. The Morgan fingerprint density at radius 2 is 1.53 bits per heavy atom. The molecular formula is C13H24O4. The maximum absolute atomic E-state index is 6.01. The second-order valence-corrected chi connectivity index (χ2v) is 6.03. The van der Waals surface area contributed by atoms with Gasteiger partial charge in [0.1, 0.15) is 6.10 Å². The predicted octanol–water partition coefficient (Wildman–Crippen LogP) is 2.31. The molecule has 0 radical (unpaired) electrons. The van der Waals surface area contributed by atoms with Gasteiger partial charge in [-0.2, -0.15) is 0 Å². The van der Waals surface area contributed by atoms with Gasteiger partial charge in [-0.25, -0.2) is 0 Å². The van der Waals surface area contributed by atoms with Crippen molar-refractivity contribution in [1.82, 2.24) is 0 Å². The monoisotopic (exact) mass is 244 g/mol. The van der Waals surface area contributed by atoms with Gasteiger partial charge in [0, 0.05) is 5.92 Å². The van der Waals surface area contributed by atoms with Crippen molar-refractivity contribution >= 4 is 0 Å². The number of hydrogen-bond donors (Lipinski definition) is 0. The average molecular weight is 244 g/mol. The molecule has 2 saturated heterocycles. The predicted molar refractivity (Wildman–Crippen MR) is 63.6 cm³/mol. The van der Waals surface area contributed by atoms with E-state index >= 15 is 0 Å². The summed E-state index contributed by atoms with van der Waals surface area (Å²) < 4.78 is 23.3. The summed E-state index contributed by atoms with van der Waals surface area (Å²) in [5, 5.41) is 0.